The average Bonchev–Trinajstić information content (AvgIpc) is 2.94. The Hall–Kier alpha value is -1.28. The molecule has 0 amide bonds. The zero-order valence-electron chi connectivity index (χ0n) is 22.2. The number of ether oxygens (including phenoxy) is 1. The fraction of sp³-hybridized carbons (Fsp3) is 0.538. The molecule has 1 aliphatic heterocycles. The molecule has 3 N–H and O–H groups in total. The lowest BCUT2D eigenvalue weighted by atomic mass is 10.2. The second-order valence-corrected chi connectivity index (χ2v) is 11.9. The van der Waals surface area contributed by atoms with E-state index in [-0.39, 0.29) is 16.6 Å². The van der Waals surface area contributed by atoms with Gasteiger partial charge in [0.15, 0.2) is 10.8 Å². The Kier molecular flexibility index (Phi) is 15.1. The second kappa shape index (κ2) is 17.4. The molecular weight excluding hydrogens is 554 g/mol. The highest BCUT2D eigenvalue weighted by Crippen LogP contribution is 2.34. The van der Waals surface area contributed by atoms with Crippen molar-refractivity contribution in [3.63, 3.8) is 0 Å². The van der Waals surface area contributed by atoms with Crippen LogP contribution in [0.25, 0.3) is 0 Å². The van der Waals surface area contributed by atoms with Gasteiger partial charge in [-0.05, 0) is 68.8 Å². The summed E-state index contributed by atoms with van der Waals surface area (Å²) >= 11 is 2.46. The van der Waals surface area contributed by atoms with Crippen molar-refractivity contribution in [2.24, 2.45) is 5.14 Å². The highest BCUT2D eigenvalue weighted by Gasteiger charge is 2.39. The standard InChI is InChI=1S/C21H26F3N3O2S3.C5H13N/c22-21(23,24)32(28)20-14-18(31-25)6-7-19(20)26-16(8-9-27-10-12-29-13-11-27)15-30-17-4-2-1-3-5-17;1-4-6(3)5-2/h1-7,14,16,26H,8-13,15,25H2;4-5H2,1-3H3. The van der Waals surface area contributed by atoms with Gasteiger partial charge in [0.1, 0.15) is 0 Å². The number of nitrogens with zero attached hydrogens (tertiary/aromatic N) is 2. The minimum absolute atomic E-state index is 0.122. The minimum Gasteiger partial charge on any atom is -0.380 e. The number of anilines is 1. The van der Waals surface area contributed by atoms with Crippen LogP contribution in [-0.2, 0) is 15.5 Å². The number of morpholine rings is 1. The first-order valence-corrected chi connectivity index (χ1v) is 15.6. The summed E-state index contributed by atoms with van der Waals surface area (Å²) in [6, 6.07) is 14.1. The zero-order valence-corrected chi connectivity index (χ0v) is 24.7. The predicted octanol–water partition coefficient (Wildman–Crippen LogP) is 5.53. The molecule has 0 spiro atoms. The summed E-state index contributed by atoms with van der Waals surface area (Å²) in [6.07, 6.45) is 0.727. The Morgan fingerprint density at radius 1 is 1.11 bits per heavy atom. The lowest BCUT2D eigenvalue weighted by molar-refractivity contribution is -0.0384. The van der Waals surface area contributed by atoms with Gasteiger partial charge in [-0.15, -0.1) is 11.8 Å². The van der Waals surface area contributed by atoms with Crippen LogP contribution in [0.2, 0.25) is 0 Å². The molecule has 1 aliphatic rings. The molecule has 12 heteroatoms. The van der Waals surface area contributed by atoms with Gasteiger partial charge in [0.2, 0.25) is 0 Å². The van der Waals surface area contributed by atoms with Crippen LogP contribution in [0.1, 0.15) is 20.3 Å². The van der Waals surface area contributed by atoms with Gasteiger partial charge >= 0.3 is 5.51 Å². The number of alkyl halides is 3. The monoisotopic (exact) mass is 592 g/mol. The maximum atomic E-state index is 13.3. The van der Waals surface area contributed by atoms with E-state index in [0.717, 1.165) is 56.0 Å². The van der Waals surface area contributed by atoms with Gasteiger partial charge in [-0.3, -0.25) is 10.0 Å². The zero-order chi connectivity index (χ0) is 28.0. The van der Waals surface area contributed by atoms with Gasteiger partial charge in [-0.2, -0.15) is 13.2 Å². The first-order chi connectivity index (χ1) is 18.2. The van der Waals surface area contributed by atoms with Gasteiger partial charge in [0.05, 0.1) is 23.8 Å². The molecule has 2 atom stereocenters. The molecule has 0 aromatic heterocycles. The van der Waals surface area contributed by atoms with Crippen LogP contribution >= 0.6 is 23.7 Å². The molecule has 2 unspecified atom stereocenters. The molecule has 0 radical (unpaired) electrons. The van der Waals surface area contributed by atoms with Gasteiger partial charge in [-0.1, -0.05) is 32.0 Å². The van der Waals surface area contributed by atoms with Crippen molar-refractivity contribution in [3.05, 3.63) is 48.5 Å². The number of rotatable bonds is 12. The van der Waals surface area contributed by atoms with Crippen LogP contribution in [0.15, 0.2) is 63.2 Å². The van der Waals surface area contributed by atoms with Gasteiger partial charge in [0.25, 0.3) is 0 Å². The van der Waals surface area contributed by atoms with Crippen molar-refractivity contribution in [2.75, 3.05) is 64.1 Å². The Morgan fingerprint density at radius 3 is 2.32 bits per heavy atom. The SMILES string of the molecule is CCN(C)CC.NSc1ccc(NC(CCN2CCOCC2)CSc2ccccc2)c(S(=O)C(F)(F)F)c1. The summed E-state index contributed by atoms with van der Waals surface area (Å²) in [5.41, 5.74) is -4.63. The number of halogens is 3. The molecule has 214 valence electrons. The van der Waals surface area contributed by atoms with Crippen LogP contribution in [0.3, 0.4) is 0 Å². The number of thioether (sulfide) groups is 1. The lowest BCUT2D eigenvalue weighted by Gasteiger charge is -2.29. The molecule has 1 heterocycles. The van der Waals surface area contributed by atoms with E-state index in [9.17, 15) is 17.4 Å². The third kappa shape index (κ3) is 11.8. The van der Waals surface area contributed by atoms with Crippen LogP contribution in [0.5, 0.6) is 0 Å². The summed E-state index contributed by atoms with van der Waals surface area (Å²) in [7, 11) is -1.04. The first-order valence-electron chi connectivity index (χ1n) is 12.6. The highest BCUT2D eigenvalue weighted by molar-refractivity contribution is 7.99. The smallest absolute Gasteiger partial charge is 0.380 e. The van der Waals surface area contributed by atoms with E-state index in [1.54, 1.807) is 17.8 Å². The molecule has 0 aliphatic carbocycles. The molecule has 1 saturated heterocycles. The van der Waals surface area contributed by atoms with Crippen molar-refractivity contribution in [1.29, 1.82) is 0 Å². The second-order valence-electron chi connectivity index (χ2n) is 8.69. The molecular formula is C26H39F3N4O2S3. The van der Waals surface area contributed by atoms with Crippen molar-refractivity contribution in [2.45, 2.75) is 46.5 Å². The van der Waals surface area contributed by atoms with E-state index in [1.165, 1.54) is 12.1 Å². The van der Waals surface area contributed by atoms with E-state index >= 15 is 0 Å². The third-order valence-corrected chi connectivity index (χ3v) is 8.89. The van der Waals surface area contributed by atoms with Crippen molar-refractivity contribution in [3.8, 4) is 0 Å². The summed E-state index contributed by atoms with van der Waals surface area (Å²) in [5.74, 6) is 0.653. The maximum Gasteiger partial charge on any atom is 0.475 e. The van der Waals surface area contributed by atoms with Crippen LogP contribution < -0.4 is 10.5 Å². The number of hydrogen-bond acceptors (Lipinski definition) is 8. The summed E-state index contributed by atoms with van der Waals surface area (Å²) in [6.45, 7) is 10.5. The Morgan fingerprint density at radius 2 is 1.76 bits per heavy atom. The van der Waals surface area contributed by atoms with E-state index in [0.29, 0.717) is 23.9 Å². The van der Waals surface area contributed by atoms with E-state index in [1.807, 2.05) is 30.3 Å². The quantitative estimate of drug-likeness (QED) is 0.246. The lowest BCUT2D eigenvalue weighted by Crippen LogP contribution is -2.39. The number of hydrogen-bond donors (Lipinski definition) is 2. The molecule has 1 fully saturated rings. The van der Waals surface area contributed by atoms with E-state index in [2.05, 4.69) is 36.0 Å². The molecule has 2 aromatic carbocycles. The van der Waals surface area contributed by atoms with E-state index < -0.39 is 16.3 Å². The number of nitrogens with two attached hydrogens (primary N) is 1. The largest absolute Gasteiger partial charge is 0.475 e. The van der Waals surface area contributed by atoms with Gasteiger partial charge in [0, 0.05) is 41.2 Å². The topological polar surface area (TPSA) is 70.8 Å². The fourth-order valence-electron chi connectivity index (χ4n) is 3.49. The summed E-state index contributed by atoms with van der Waals surface area (Å²) in [4.78, 5) is 5.74. The predicted molar refractivity (Wildman–Crippen MR) is 154 cm³/mol. The minimum atomic E-state index is -4.85. The summed E-state index contributed by atoms with van der Waals surface area (Å²) in [5, 5.41) is 8.76. The maximum absolute atomic E-state index is 13.3. The number of nitrogens with one attached hydrogen (secondary N) is 1. The number of benzene rings is 2. The molecule has 3 rings (SSSR count). The van der Waals surface area contributed by atoms with Crippen molar-refractivity contribution in [1.82, 2.24) is 9.80 Å². The first kappa shape index (κ1) is 32.9. The molecule has 2 aromatic rings. The molecule has 0 saturated carbocycles. The van der Waals surface area contributed by atoms with Crippen LogP contribution in [0, 0.1) is 0 Å². The molecule has 38 heavy (non-hydrogen) atoms. The Labute approximate surface area is 235 Å². The van der Waals surface area contributed by atoms with Crippen molar-refractivity contribution < 1.29 is 22.1 Å². The normalized spacial score (nSPS) is 16.0. The Bertz CT molecular complexity index is 960. The fourth-order valence-corrected chi connectivity index (χ4v) is 5.70. The van der Waals surface area contributed by atoms with Crippen LogP contribution in [-0.4, -0.2) is 84.3 Å². The molecule has 6 nitrogen and oxygen atoms in total. The average molecular weight is 593 g/mol. The molecule has 0 bridgehead atoms. The van der Waals surface area contributed by atoms with Crippen molar-refractivity contribution >= 4 is 40.2 Å². The third-order valence-electron chi connectivity index (χ3n) is 6.03. The highest BCUT2D eigenvalue weighted by atomic mass is 32.2. The summed E-state index contributed by atoms with van der Waals surface area (Å²) < 4.78 is 57.4. The van der Waals surface area contributed by atoms with Gasteiger partial charge < -0.3 is 15.0 Å². The van der Waals surface area contributed by atoms with E-state index in [4.69, 9.17) is 9.88 Å². The van der Waals surface area contributed by atoms with Crippen LogP contribution in [0.4, 0.5) is 18.9 Å². The Balaban J connectivity index is 0.000000757. The van der Waals surface area contributed by atoms with Gasteiger partial charge in [-0.25, -0.2) is 4.21 Å².